The second-order valence-corrected chi connectivity index (χ2v) is 8.85. The molecule has 0 radical (unpaired) electrons. The molecule has 0 saturated heterocycles. The molecule has 0 N–H and O–H groups in total. The molecule has 6 heteroatoms. The molecule has 1 atom stereocenters. The second-order valence-electron chi connectivity index (χ2n) is 7.87. The molecule has 166 valence electrons. The lowest BCUT2D eigenvalue weighted by molar-refractivity contribution is -0.127. The second kappa shape index (κ2) is 9.08. The molecule has 2 aromatic carbocycles. The van der Waals surface area contributed by atoms with Crippen molar-refractivity contribution in [1.82, 2.24) is 9.88 Å². The molecule has 5 nitrogen and oxygen atoms in total. The monoisotopic (exact) mass is 456 g/mol. The molecule has 1 aliphatic heterocycles. The lowest BCUT2D eigenvalue weighted by Gasteiger charge is -2.37. The number of methoxy groups -OCH3 is 2. The number of para-hydroxylation sites is 1. The fraction of sp³-hybridized carbons (Fsp3) is 0.185. The maximum Gasteiger partial charge on any atom is 0.247 e. The highest BCUT2D eigenvalue weighted by Crippen LogP contribution is 2.42. The average molecular weight is 457 g/mol. The van der Waals surface area contributed by atoms with E-state index in [2.05, 4.69) is 11.1 Å². The summed E-state index contributed by atoms with van der Waals surface area (Å²) < 4.78 is 11.1. The Morgan fingerprint density at radius 1 is 1.06 bits per heavy atom. The van der Waals surface area contributed by atoms with E-state index in [0.29, 0.717) is 18.0 Å². The highest BCUT2D eigenvalue weighted by molar-refractivity contribution is 7.10. The van der Waals surface area contributed by atoms with Crippen LogP contribution in [0.2, 0.25) is 0 Å². The molecule has 0 fully saturated rings. The fourth-order valence-corrected chi connectivity index (χ4v) is 5.22. The van der Waals surface area contributed by atoms with Gasteiger partial charge in [-0.2, -0.15) is 0 Å². The summed E-state index contributed by atoms with van der Waals surface area (Å²) in [4.78, 5) is 21.1. The molecule has 0 saturated carbocycles. The highest BCUT2D eigenvalue weighted by Gasteiger charge is 2.33. The van der Waals surface area contributed by atoms with Crippen LogP contribution in [-0.4, -0.2) is 36.6 Å². The van der Waals surface area contributed by atoms with E-state index in [0.717, 1.165) is 33.5 Å². The Kier molecular flexibility index (Phi) is 5.84. The molecule has 0 bridgehead atoms. The van der Waals surface area contributed by atoms with Gasteiger partial charge in [0.2, 0.25) is 5.91 Å². The van der Waals surface area contributed by atoms with Crippen molar-refractivity contribution >= 4 is 34.2 Å². The van der Waals surface area contributed by atoms with Crippen LogP contribution in [0, 0.1) is 0 Å². The quantitative estimate of drug-likeness (QED) is 0.372. The summed E-state index contributed by atoms with van der Waals surface area (Å²) in [6, 6.07) is 19.9. The zero-order chi connectivity index (χ0) is 22.8. The van der Waals surface area contributed by atoms with Crippen molar-refractivity contribution < 1.29 is 14.3 Å². The summed E-state index contributed by atoms with van der Waals surface area (Å²) in [7, 11) is 3.28. The van der Waals surface area contributed by atoms with Crippen molar-refractivity contribution in [3.05, 3.63) is 93.8 Å². The predicted octanol–water partition coefficient (Wildman–Crippen LogP) is 5.50. The molecule has 1 unspecified atom stereocenters. The molecule has 3 heterocycles. The minimum Gasteiger partial charge on any atom is -0.493 e. The van der Waals surface area contributed by atoms with Gasteiger partial charge in [-0.3, -0.25) is 4.79 Å². The molecule has 2 aromatic heterocycles. The number of benzene rings is 2. The van der Waals surface area contributed by atoms with Crippen LogP contribution in [0.5, 0.6) is 11.5 Å². The third-order valence-corrected chi connectivity index (χ3v) is 6.91. The number of thiophene rings is 1. The van der Waals surface area contributed by atoms with Gasteiger partial charge in [-0.15, -0.1) is 11.3 Å². The average Bonchev–Trinajstić information content (AvgIpc) is 3.40. The van der Waals surface area contributed by atoms with Crippen molar-refractivity contribution in [2.75, 3.05) is 20.8 Å². The minimum atomic E-state index is -0.171. The molecule has 4 aromatic rings. The van der Waals surface area contributed by atoms with Gasteiger partial charge in [0.25, 0.3) is 0 Å². The number of carbonyl (C=O) groups is 1. The van der Waals surface area contributed by atoms with Crippen molar-refractivity contribution in [2.45, 2.75) is 12.5 Å². The van der Waals surface area contributed by atoms with Crippen LogP contribution in [0.1, 0.15) is 27.7 Å². The first-order chi connectivity index (χ1) is 16.2. The van der Waals surface area contributed by atoms with E-state index < -0.39 is 0 Å². The summed E-state index contributed by atoms with van der Waals surface area (Å²) in [5.41, 5.74) is 3.93. The topological polar surface area (TPSA) is 51.7 Å². The standard InChI is InChI=1S/C27H24N2O3S/c1-31-23-16-19-13-14-29(27(25-8-5-15-33-25)21(19)17-24(23)32-2)26(30)12-11-20-10-9-18-6-3-4-7-22(18)28-20/h3-12,15-17,27H,13-14H2,1-2H3/b12-11+. The molecular formula is C27H24N2O3S. The lowest BCUT2D eigenvalue weighted by Crippen LogP contribution is -2.39. The van der Waals surface area contributed by atoms with Gasteiger partial charge in [-0.25, -0.2) is 4.98 Å². The zero-order valence-electron chi connectivity index (χ0n) is 18.5. The number of ether oxygens (including phenoxy) is 2. The number of rotatable bonds is 5. The van der Waals surface area contributed by atoms with E-state index in [9.17, 15) is 4.79 Å². The van der Waals surface area contributed by atoms with Gasteiger partial charge in [0, 0.05) is 22.9 Å². The zero-order valence-corrected chi connectivity index (χ0v) is 19.3. The van der Waals surface area contributed by atoms with Crippen molar-refractivity contribution in [1.29, 1.82) is 0 Å². The van der Waals surface area contributed by atoms with Crippen LogP contribution in [0.15, 0.2) is 72.1 Å². The lowest BCUT2D eigenvalue weighted by atomic mass is 9.90. The highest BCUT2D eigenvalue weighted by atomic mass is 32.1. The van der Waals surface area contributed by atoms with E-state index in [1.165, 1.54) is 5.56 Å². The predicted molar refractivity (Wildman–Crippen MR) is 132 cm³/mol. The van der Waals surface area contributed by atoms with Gasteiger partial charge in [-0.1, -0.05) is 30.3 Å². The van der Waals surface area contributed by atoms with Crippen molar-refractivity contribution in [3.63, 3.8) is 0 Å². The van der Waals surface area contributed by atoms with Crippen LogP contribution in [-0.2, 0) is 11.2 Å². The summed E-state index contributed by atoms with van der Waals surface area (Å²) >= 11 is 1.65. The molecule has 0 spiro atoms. The molecule has 0 aliphatic carbocycles. The number of amides is 1. The molecular weight excluding hydrogens is 432 g/mol. The molecule has 33 heavy (non-hydrogen) atoms. The number of fused-ring (bicyclic) bond motifs is 2. The van der Waals surface area contributed by atoms with Gasteiger partial charge >= 0.3 is 0 Å². The molecule has 1 amide bonds. The third kappa shape index (κ3) is 4.10. The Labute approximate surface area is 196 Å². The number of aromatic nitrogens is 1. The first-order valence-electron chi connectivity index (χ1n) is 10.8. The Morgan fingerprint density at radius 2 is 1.88 bits per heavy atom. The number of nitrogens with zero attached hydrogens (tertiary/aromatic N) is 2. The van der Waals surface area contributed by atoms with Crippen LogP contribution < -0.4 is 9.47 Å². The van der Waals surface area contributed by atoms with Crippen LogP contribution in [0.4, 0.5) is 0 Å². The fourth-order valence-electron chi connectivity index (χ4n) is 4.36. The Balaban J connectivity index is 1.49. The summed E-state index contributed by atoms with van der Waals surface area (Å²) in [5, 5.41) is 3.12. The number of hydrogen-bond acceptors (Lipinski definition) is 5. The van der Waals surface area contributed by atoms with Gasteiger partial charge in [0.15, 0.2) is 11.5 Å². The van der Waals surface area contributed by atoms with Gasteiger partial charge in [0.05, 0.1) is 31.5 Å². The van der Waals surface area contributed by atoms with E-state index in [1.54, 1.807) is 37.7 Å². The third-order valence-electron chi connectivity index (χ3n) is 5.99. The Bertz CT molecular complexity index is 1330. The maximum atomic E-state index is 13.4. The molecule has 1 aliphatic rings. The number of carbonyl (C=O) groups excluding carboxylic acids is 1. The number of pyridine rings is 1. The van der Waals surface area contributed by atoms with Gasteiger partial charge in [0.1, 0.15) is 0 Å². The van der Waals surface area contributed by atoms with Crippen LogP contribution >= 0.6 is 11.3 Å². The number of hydrogen-bond donors (Lipinski definition) is 0. The molecule has 5 rings (SSSR count). The van der Waals surface area contributed by atoms with E-state index in [-0.39, 0.29) is 11.9 Å². The Morgan fingerprint density at radius 3 is 2.67 bits per heavy atom. The van der Waals surface area contributed by atoms with Crippen molar-refractivity contribution in [3.8, 4) is 11.5 Å². The summed E-state index contributed by atoms with van der Waals surface area (Å²) in [5.74, 6) is 1.34. The van der Waals surface area contributed by atoms with Crippen molar-refractivity contribution in [2.24, 2.45) is 0 Å². The normalized spacial score (nSPS) is 15.6. The Hall–Kier alpha value is -3.64. The minimum absolute atomic E-state index is 0.0382. The SMILES string of the molecule is COc1cc2c(cc1OC)C(c1cccs1)N(C(=O)/C=C/c1ccc3ccccc3n1)CC2. The summed E-state index contributed by atoms with van der Waals surface area (Å²) in [6.45, 7) is 0.624. The maximum absolute atomic E-state index is 13.4. The van der Waals surface area contributed by atoms with E-state index in [1.807, 2.05) is 64.9 Å². The first-order valence-corrected chi connectivity index (χ1v) is 11.7. The smallest absolute Gasteiger partial charge is 0.247 e. The van der Waals surface area contributed by atoms with Gasteiger partial charge in [-0.05, 0) is 59.3 Å². The van der Waals surface area contributed by atoms with E-state index in [4.69, 9.17) is 9.47 Å². The largest absolute Gasteiger partial charge is 0.493 e. The first kappa shape index (κ1) is 21.2. The van der Waals surface area contributed by atoms with Crippen LogP contribution in [0.25, 0.3) is 17.0 Å². The summed E-state index contributed by atoms with van der Waals surface area (Å²) in [6.07, 6.45) is 4.18. The van der Waals surface area contributed by atoms with Gasteiger partial charge < -0.3 is 14.4 Å². The van der Waals surface area contributed by atoms with E-state index >= 15 is 0 Å². The van der Waals surface area contributed by atoms with Crippen LogP contribution in [0.3, 0.4) is 0 Å².